The van der Waals surface area contributed by atoms with Crippen LogP contribution in [0.2, 0.25) is 5.02 Å². The van der Waals surface area contributed by atoms with Gasteiger partial charge >= 0.3 is 0 Å². The lowest BCUT2D eigenvalue weighted by atomic mass is 10.0. The molecule has 28 heavy (non-hydrogen) atoms. The number of hydrogen-bond donors (Lipinski definition) is 2. The zero-order chi connectivity index (χ0) is 19.5. The Hall–Kier alpha value is -3.51. The normalized spacial score (nSPS) is 10.6. The van der Waals surface area contributed by atoms with Crippen molar-refractivity contribution in [3.63, 3.8) is 0 Å². The topological polar surface area (TPSA) is 83.6 Å². The summed E-state index contributed by atoms with van der Waals surface area (Å²) < 4.78 is 0. The minimum Gasteiger partial charge on any atom is -0.324 e. The van der Waals surface area contributed by atoms with Crippen LogP contribution in [0.5, 0.6) is 0 Å². The zero-order valence-corrected chi connectivity index (χ0v) is 15.7. The molecule has 138 valence electrons. The van der Waals surface area contributed by atoms with E-state index < -0.39 is 0 Å². The van der Waals surface area contributed by atoms with Crippen molar-refractivity contribution in [2.75, 3.05) is 5.32 Å². The van der Waals surface area contributed by atoms with Crippen molar-refractivity contribution >= 4 is 23.2 Å². The highest BCUT2D eigenvalue weighted by atomic mass is 35.5. The number of H-pyrrole nitrogens is 1. The smallest absolute Gasteiger partial charge is 0.249 e. The first-order valence-corrected chi connectivity index (χ1v) is 8.99. The van der Waals surface area contributed by atoms with Gasteiger partial charge < -0.3 is 10.3 Å². The third-order valence-electron chi connectivity index (χ3n) is 4.15. The van der Waals surface area contributed by atoms with Crippen molar-refractivity contribution in [3.8, 4) is 22.4 Å². The minimum absolute atomic E-state index is 0.222. The fourth-order valence-electron chi connectivity index (χ4n) is 2.91. The molecule has 0 unspecified atom stereocenters. The number of nitrogens with zero attached hydrogens (tertiary/aromatic N) is 3. The number of aryl methyl sites for hydroxylation is 1. The molecule has 0 aliphatic carbocycles. The van der Waals surface area contributed by atoms with E-state index in [0.29, 0.717) is 28.2 Å². The Kier molecular flexibility index (Phi) is 4.87. The summed E-state index contributed by atoms with van der Waals surface area (Å²) in [5.41, 5.74) is 2.67. The third kappa shape index (κ3) is 3.77. The van der Waals surface area contributed by atoms with Crippen molar-refractivity contribution in [1.29, 1.82) is 0 Å². The van der Waals surface area contributed by atoms with Crippen LogP contribution < -0.4 is 10.9 Å². The molecular formula is C21H16ClN5O. The number of anilines is 2. The Morgan fingerprint density at radius 3 is 2.61 bits per heavy atom. The first kappa shape index (κ1) is 17.9. The van der Waals surface area contributed by atoms with E-state index in [2.05, 4.69) is 25.3 Å². The number of halogens is 1. The van der Waals surface area contributed by atoms with Gasteiger partial charge in [-0.2, -0.15) is 0 Å². The van der Waals surface area contributed by atoms with Gasteiger partial charge in [0.2, 0.25) is 5.56 Å². The van der Waals surface area contributed by atoms with Crippen LogP contribution in [0.1, 0.15) is 5.82 Å². The summed E-state index contributed by atoms with van der Waals surface area (Å²) in [6.45, 7) is 1.82. The second kappa shape index (κ2) is 7.62. The van der Waals surface area contributed by atoms with Crippen molar-refractivity contribution < 1.29 is 0 Å². The molecule has 0 aliphatic rings. The molecular weight excluding hydrogens is 374 g/mol. The van der Waals surface area contributed by atoms with Crippen LogP contribution in [0, 0.1) is 6.92 Å². The van der Waals surface area contributed by atoms with E-state index >= 15 is 0 Å². The minimum atomic E-state index is -0.222. The molecule has 4 aromatic rings. The molecule has 4 rings (SSSR count). The molecule has 0 fully saturated rings. The zero-order valence-electron chi connectivity index (χ0n) is 15.0. The molecule has 0 radical (unpaired) electrons. The molecule has 0 amide bonds. The molecule has 0 saturated heterocycles. The number of benzene rings is 1. The molecule has 7 heteroatoms. The summed E-state index contributed by atoms with van der Waals surface area (Å²) in [5.74, 6) is 1.87. The maximum absolute atomic E-state index is 12.3. The SMILES string of the molecule is Cc1nccc(Nc2ncccc2-c2cc(-c3ccccc3Cl)[nH]c(=O)c2)n1. The Morgan fingerprint density at radius 2 is 1.79 bits per heavy atom. The predicted molar refractivity (Wildman–Crippen MR) is 111 cm³/mol. The first-order chi connectivity index (χ1) is 13.6. The van der Waals surface area contributed by atoms with E-state index in [1.807, 2.05) is 43.3 Å². The lowest BCUT2D eigenvalue weighted by molar-refractivity contribution is 1.05. The molecule has 0 spiro atoms. The van der Waals surface area contributed by atoms with Gasteiger partial charge in [0, 0.05) is 34.6 Å². The van der Waals surface area contributed by atoms with Gasteiger partial charge in [-0.25, -0.2) is 15.0 Å². The summed E-state index contributed by atoms with van der Waals surface area (Å²) in [6.07, 6.45) is 3.36. The number of rotatable bonds is 4. The maximum Gasteiger partial charge on any atom is 0.249 e. The highest BCUT2D eigenvalue weighted by Gasteiger charge is 2.11. The largest absolute Gasteiger partial charge is 0.324 e. The predicted octanol–water partition coefficient (Wildman–Crippen LogP) is 4.60. The average Bonchev–Trinajstić information content (AvgIpc) is 2.68. The van der Waals surface area contributed by atoms with E-state index in [4.69, 9.17) is 11.6 Å². The maximum atomic E-state index is 12.3. The van der Waals surface area contributed by atoms with Crippen LogP contribution >= 0.6 is 11.6 Å². The Morgan fingerprint density at radius 1 is 0.964 bits per heavy atom. The molecule has 0 bridgehead atoms. The summed E-state index contributed by atoms with van der Waals surface area (Å²) >= 11 is 6.30. The fourth-order valence-corrected chi connectivity index (χ4v) is 3.15. The molecule has 3 aromatic heterocycles. The Balaban J connectivity index is 1.80. The first-order valence-electron chi connectivity index (χ1n) is 8.61. The van der Waals surface area contributed by atoms with Crippen molar-refractivity contribution in [3.05, 3.63) is 88.2 Å². The summed E-state index contributed by atoms with van der Waals surface area (Å²) in [4.78, 5) is 28.0. The van der Waals surface area contributed by atoms with Crippen LogP contribution in [0.3, 0.4) is 0 Å². The molecule has 1 aromatic carbocycles. The summed E-state index contributed by atoms with van der Waals surface area (Å²) in [7, 11) is 0. The monoisotopic (exact) mass is 389 g/mol. The van der Waals surface area contributed by atoms with Gasteiger partial charge in [0.1, 0.15) is 17.5 Å². The van der Waals surface area contributed by atoms with Gasteiger partial charge in [-0.3, -0.25) is 4.79 Å². The van der Waals surface area contributed by atoms with Gasteiger partial charge in [0.05, 0.1) is 5.69 Å². The number of pyridine rings is 2. The van der Waals surface area contributed by atoms with E-state index in [1.54, 1.807) is 24.5 Å². The standard InChI is InChI=1S/C21H16ClN5O/c1-13-23-10-8-19(25-13)27-21-15(6-4-9-24-21)14-11-18(26-20(28)12-14)16-5-2-3-7-17(16)22/h2-12H,1H3,(H,26,28)(H,23,24,25,27). The van der Waals surface area contributed by atoms with Gasteiger partial charge in [-0.05, 0) is 42.8 Å². The van der Waals surface area contributed by atoms with Crippen molar-refractivity contribution in [1.82, 2.24) is 19.9 Å². The lowest BCUT2D eigenvalue weighted by Gasteiger charge is -2.12. The van der Waals surface area contributed by atoms with Gasteiger partial charge in [0.25, 0.3) is 0 Å². The van der Waals surface area contributed by atoms with Crippen molar-refractivity contribution in [2.45, 2.75) is 6.92 Å². The van der Waals surface area contributed by atoms with Crippen molar-refractivity contribution in [2.24, 2.45) is 0 Å². The van der Waals surface area contributed by atoms with Gasteiger partial charge in [-0.1, -0.05) is 29.8 Å². The Labute approximate surface area is 166 Å². The quantitative estimate of drug-likeness (QED) is 0.533. The third-order valence-corrected chi connectivity index (χ3v) is 4.48. The van der Waals surface area contributed by atoms with Crippen LogP contribution in [-0.4, -0.2) is 19.9 Å². The lowest BCUT2D eigenvalue weighted by Crippen LogP contribution is -2.07. The number of aromatic amines is 1. The number of nitrogens with one attached hydrogen (secondary N) is 2. The van der Waals surface area contributed by atoms with Crippen LogP contribution in [-0.2, 0) is 0 Å². The second-order valence-electron chi connectivity index (χ2n) is 6.14. The average molecular weight is 390 g/mol. The highest BCUT2D eigenvalue weighted by Crippen LogP contribution is 2.31. The molecule has 2 N–H and O–H groups in total. The summed E-state index contributed by atoms with van der Waals surface area (Å²) in [6, 6.07) is 16.3. The second-order valence-corrected chi connectivity index (χ2v) is 6.55. The Bertz CT molecular complexity index is 1210. The molecule has 6 nitrogen and oxygen atoms in total. The van der Waals surface area contributed by atoms with Crippen LogP contribution in [0.4, 0.5) is 11.6 Å². The summed E-state index contributed by atoms with van der Waals surface area (Å²) in [5, 5.41) is 3.77. The van der Waals surface area contributed by atoms with E-state index in [9.17, 15) is 4.79 Å². The van der Waals surface area contributed by atoms with Gasteiger partial charge in [-0.15, -0.1) is 0 Å². The number of aromatic nitrogens is 4. The fraction of sp³-hybridized carbons (Fsp3) is 0.0476. The number of hydrogen-bond acceptors (Lipinski definition) is 5. The van der Waals surface area contributed by atoms with E-state index in [-0.39, 0.29) is 5.56 Å². The van der Waals surface area contributed by atoms with E-state index in [1.165, 1.54) is 6.07 Å². The molecule has 0 aliphatic heterocycles. The van der Waals surface area contributed by atoms with Crippen LogP contribution in [0.15, 0.2) is 71.8 Å². The van der Waals surface area contributed by atoms with E-state index in [0.717, 1.165) is 16.7 Å². The highest BCUT2D eigenvalue weighted by molar-refractivity contribution is 6.33. The molecule has 3 heterocycles. The molecule has 0 atom stereocenters. The van der Waals surface area contributed by atoms with Crippen LogP contribution in [0.25, 0.3) is 22.4 Å². The van der Waals surface area contributed by atoms with Gasteiger partial charge in [0.15, 0.2) is 0 Å². The molecule has 0 saturated carbocycles.